The van der Waals surface area contributed by atoms with Gasteiger partial charge in [0.15, 0.2) is 0 Å². The molecule has 0 fully saturated rings. The van der Waals surface area contributed by atoms with Crippen LogP contribution in [-0.4, -0.2) is 93.6 Å². The third kappa shape index (κ3) is 19.9. The number of rotatable bonds is 18. The summed E-state index contributed by atoms with van der Waals surface area (Å²) in [6, 6.07) is 34.2. The zero-order chi connectivity index (χ0) is 41.1. The van der Waals surface area contributed by atoms with Crippen LogP contribution in [0.2, 0.25) is 0 Å². The largest absolute Gasteiger partial charge is 0.489 e. The third-order valence-electron chi connectivity index (χ3n) is 6.95. The van der Waals surface area contributed by atoms with Gasteiger partial charge in [-0.1, -0.05) is 84.9 Å². The fraction of sp³-hybridized carbons (Fsp3) is 0.231. The van der Waals surface area contributed by atoms with Gasteiger partial charge < -0.3 is 56.3 Å². The summed E-state index contributed by atoms with van der Waals surface area (Å²) in [6.45, 7) is 2.36. The summed E-state index contributed by atoms with van der Waals surface area (Å²) in [7, 11) is 0. The van der Waals surface area contributed by atoms with Crippen LogP contribution in [0.5, 0.6) is 11.5 Å². The van der Waals surface area contributed by atoms with Gasteiger partial charge in [-0.05, 0) is 35.4 Å². The molecule has 0 unspecified atom stereocenters. The molecule has 56 heavy (non-hydrogen) atoms. The molecular weight excluding hydrogens is 732 g/mol. The first kappa shape index (κ1) is 45.3. The minimum atomic E-state index is -1.82. The van der Waals surface area contributed by atoms with E-state index in [2.05, 4.69) is 21.3 Å². The van der Waals surface area contributed by atoms with E-state index in [1.165, 1.54) is 0 Å². The first-order valence-corrected chi connectivity index (χ1v) is 17.0. The Balaban J connectivity index is 0.000000782. The maximum atomic E-state index is 12.5. The number of hydrogen-bond donors (Lipinski definition) is 9. The third-order valence-corrected chi connectivity index (χ3v) is 6.95. The van der Waals surface area contributed by atoms with Crippen LogP contribution in [0.25, 0.3) is 0 Å². The van der Waals surface area contributed by atoms with Gasteiger partial charge in [0.1, 0.15) is 30.8 Å². The molecule has 0 aliphatic heterocycles. The highest BCUT2D eigenvalue weighted by molar-refractivity contribution is 6.27. The number of carboxylic acids is 4. The molecule has 0 spiro atoms. The molecule has 0 heterocycles. The smallest absolute Gasteiger partial charge is 0.414 e. The van der Waals surface area contributed by atoms with Crippen LogP contribution < -0.4 is 30.7 Å². The minimum Gasteiger partial charge on any atom is -0.489 e. The molecule has 0 bridgehead atoms. The second-order valence-corrected chi connectivity index (χ2v) is 11.4. The maximum absolute atomic E-state index is 12.5. The summed E-state index contributed by atoms with van der Waals surface area (Å²) < 4.78 is 11.6. The fourth-order valence-electron chi connectivity index (χ4n) is 4.30. The monoisotopic (exact) mass is 776 g/mol. The zero-order valence-electron chi connectivity index (χ0n) is 30.1. The Morgan fingerprint density at radius 2 is 0.804 bits per heavy atom. The van der Waals surface area contributed by atoms with Crippen molar-refractivity contribution in [2.75, 3.05) is 36.9 Å². The normalized spacial score (nSPS) is 10.0. The lowest BCUT2D eigenvalue weighted by atomic mass is 10.2. The lowest BCUT2D eigenvalue weighted by molar-refractivity contribution is -0.159. The molecule has 4 aromatic rings. The number of para-hydroxylation sites is 4. The number of carbonyl (C=O) groups is 6. The Bertz CT molecular complexity index is 1690. The van der Waals surface area contributed by atoms with E-state index in [9.17, 15) is 14.7 Å². The van der Waals surface area contributed by atoms with Gasteiger partial charge >= 0.3 is 23.9 Å². The van der Waals surface area contributed by atoms with Crippen molar-refractivity contribution in [2.24, 2.45) is 0 Å². The van der Waals surface area contributed by atoms with E-state index in [0.29, 0.717) is 61.9 Å². The molecule has 0 radical (unpaired) electrons. The van der Waals surface area contributed by atoms with Crippen molar-refractivity contribution < 1.29 is 63.8 Å². The number of carboxylic acid groups (broad SMARTS) is 4. The lowest BCUT2D eigenvalue weighted by Gasteiger charge is -2.17. The van der Waals surface area contributed by atoms with Crippen LogP contribution in [0, 0.1) is 0 Å². The molecule has 9 N–H and O–H groups in total. The van der Waals surface area contributed by atoms with Crippen molar-refractivity contribution in [3.05, 3.63) is 120 Å². The highest BCUT2D eigenvalue weighted by Crippen LogP contribution is 2.26. The average molecular weight is 777 g/mol. The van der Waals surface area contributed by atoms with Gasteiger partial charge in [-0.15, -0.1) is 0 Å². The van der Waals surface area contributed by atoms with Crippen molar-refractivity contribution in [1.82, 2.24) is 10.6 Å². The average Bonchev–Trinajstić information content (AvgIpc) is 3.18. The second kappa shape index (κ2) is 26.0. The Kier molecular flexibility index (Phi) is 21.1. The zero-order valence-corrected chi connectivity index (χ0v) is 30.1. The lowest BCUT2D eigenvalue weighted by Crippen LogP contribution is -2.26. The van der Waals surface area contributed by atoms with Gasteiger partial charge in [-0.3, -0.25) is 9.59 Å². The Hall–Kier alpha value is -6.82. The first-order valence-electron chi connectivity index (χ1n) is 17.0. The molecule has 298 valence electrons. The van der Waals surface area contributed by atoms with E-state index in [-0.39, 0.29) is 25.0 Å². The van der Waals surface area contributed by atoms with Crippen LogP contribution in [-0.2, 0) is 41.9 Å². The molecule has 0 aliphatic carbocycles. The number of nitrogens with one attached hydrogen (secondary N) is 4. The van der Waals surface area contributed by atoms with E-state index in [1.807, 2.05) is 60.7 Å². The Morgan fingerprint density at radius 1 is 0.482 bits per heavy atom. The van der Waals surface area contributed by atoms with Crippen molar-refractivity contribution in [3.8, 4) is 11.5 Å². The summed E-state index contributed by atoms with van der Waals surface area (Å²) >= 11 is 0. The number of anilines is 2. The van der Waals surface area contributed by atoms with Crippen molar-refractivity contribution in [3.63, 3.8) is 0 Å². The van der Waals surface area contributed by atoms with E-state index in [1.54, 1.807) is 48.5 Å². The van der Waals surface area contributed by atoms with Gasteiger partial charge in [0.25, 0.3) is 0 Å². The number of hydrogen-bond acceptors (Lipinski definition) is 11. The van der Waals surface area contributed by atoms with Crippen LogP contribution >= 0.6 is 0 Å². The number of amides is 2. The molecule has 17 nitrogen and oxygen atoms in total. The Labute approximate surface area is 321 Å². The minimum absolute atomic E-state index is 0.0485. The Morgan fingerprint density at radius 3 is 1.14 bits per heavy atom. The van der Waals surface area contributed by atoms with Gasteiger partial charge in [0, 0.05) is 39.0 Å². The number of aliphatic carboxylic acids is 4. The fourth-order valence-corrected chi connectivity index (χ4v) is 4.30. The maximum Gasteiger partial charge on any atom is 0.414 e. The summed E-state index contributed by atoms with van der Waals surface area (Å²) in [5.74, 6) is -6.68. The van der Waals surface area contributed by atoms with Crippen molar-refractivity contribution in [1.29, 1.82) is 0 Å². The number of ether oxygens (including phenoxy) is 2. The summed E-state index contributed by atoms with van der Waals surface area (Å²) in [6.07, 6.45) is -0.345. The number of aliphatic hydroxyl groups excluding tert-OH is 1. The van der Waals surface area contributed by atoms with Gasteiger partial charge in [0.2, 0.25) is 11.8 Å². The second-order valence-electron chi connectivity index (χ2n) is 11.4. The first-order chi connectivity index (χ1) is 26.8. The molecule has 0 atom stereocenters. The van der Waals surface area contributed by atoms with Crippen LogP contribution in [0.4, 0.5) is 11.4 Å². The van der Waals surface area contributed by atoms with Gasteiger partial charge in [-0.2, -0.15) is 0 Å². The molecule has 2 amide bonds. The standard InChI is InChI=1S/C35H40N4O5.2C2H2O4/c40-29(25-43-32-17-9-7-15-30(32)38-34(41)19-21-36-23-27-11-3-1-4-12-27)26-44-33-18-10-8-16-31(33)39-35(42)20-22-37-24-28-13-5-2-6-14-28;2*3-1(4)2(5)6/h1-18,29,36-37,40H,19-26H2,(H,38,41)(H,39,42);2*(H,3,4)(H,5,6). The van der Waals surface area contributed by atoms with E-state index >= 15 is 0 Å². The SMILES string of the molecule is O=C(CCNCc1ccccc1)Nc1ccccc1OCC(O)COc1ccccc1NC(=O)CCNCc1ccccc1.O=C(O)C(=O)O.O=C(O)C(=O)O. The van der Waals surface area contributed by atoms with Gasteiger partial charge in [0.05, 0.1) is 11.4 Å². The highest BCUT2D eigenvalue weighted by Gasteiger charge is 2.13. The number of aliphatic hydroxyl groups is 1. The van der Waals surface area contributed by atoms with E-state index in [0.717, 1.165) is 11.1 Å². The molecule has 0 saturated heterocycles. The van der Waals surface area contributed by atoms with Gasteiger partial charge in [-0.25, -0.2) is 19.2 Å². The topological polar surface area (TPSA) is 270 Å². The van der Waals surface area contributed by atoms with Crippen LogP contribution in [0.1, 0.15) is 24.0 Å². The highest BCUT2D eigenvalue weighted by atomic mass is 16.5. The van der Waals surface area contributed by atoms with Crippen LogP contribution in [0.3, 0.4) is 0 Å². The van der Waals surface area contributed by atoms with E-state index in [4.69, 9.17) is 49.1 Å². The summed E-state index contributed by atoms with van der Waals surface area (Å²) in [4.78, 5) is 61.4. The molecule has 4 aromatic carbocycles. The molecular formula is C39H44N4O13. The van der Waals surface area contributed by atoms with Crippen molar-refractivity contribution >= 4 is 47.1 Å². The molecule has 0 saturated carbocycles. The summed E-state index contributed by atoms with van der Waals surface area (Å²) in [5, 5.41) is 52.4. The van der Waals surface area contributed by atoms with E-state index < -0.39 is 30.0 Å². The van der Waals surface area contributed by atoms with Crippen LogP contribution in [0.15, 0.2) is 109 Å². The molecule has 4 rings (SSSR count). The predicted octanol–water partition coefficient (Wildman–Crippen LogP) is 3.05. The quantitative estimate of drug-likeness (QED) is 0.0519. The number of carbonyl (C=O) groups excluding carboxylic acids is 2. The number of benzene rings is 4. The molecule has 0 aromatic heterocycles. The van der Waals surface area contributed by atoms with Crippen molar-refractivity contribution in [2.45, 2.75) is 32.0 Å². The molecule has 17 heteroatoms. The summed E-state index contributed by atoms with van der Waals surface area (Å²) in [5.41, 5.74) is 3.37. The molecule has 0 aliphatic rings. The predicted molar refractivity (Wildman–Crippen MR) is 203 cm³/mol.